The zero-order valence-corrected chi connectivity index (χ0v) is 16.9. The summed E-state index contributed by atoms with van der Waals surface area (Å²) < 4.78 is 17.6. The maximum Gasteiger partial charge on any atom is 0.290 e. The van der Waals surface area contributed by atoms with E-state index in [9.17, 15) is 9.59 Å². The molecule has 1 aromatic carbocycles. The molecule has 4 rings (SSSR count). The molecule has 9 nitrogen and oxygen atoms in total. The number of anilines is 2. The fourth-order valence-corrected chi connectivity index (χ4v) is 3.29. The lowest BCUT2D eigenvalue weighted by Gasteiger charge is -2.20. The number of aryl methyl sites for hydroxylation is 2. The lowest BCUT2D eigenvalue weighted by molar-refractivity contribution is -0.119. The first-order valence-corrected chi connectivity index (χ1v) is 9.50. The first-order valence-electron chi connectivity index (χ1n) is 9.50. The Balaban J connectivity index is 1.62. The van der Waals surface area contributed by atoms with Crippen LogP contribution in [0.25, 0.3) is 11.3 Å². The van der Waals surface area contributed by atoms with Crippen LogP contribution in [0.15, 0.2) is 39.5 Å². The Morgan fingerprint density at radius 3 is 2.60 bits per heavy atom. The number of hydrogen-bond acceptors (Lipinski definition) is 7. The monoisotopic (exact) mass is 410 g/mol. The minimum atomic E-state index is -0.902. The van der Waals surface area contributed by atoms with Crippen LogP contribution >= 0.6 is 0 Å². The van der Waals surface area contributed by atoms with Crippen LogP contribution in [0.1, 0.15) is 24.5 Å². The molecule has 0 saturated carbocycles. The van der Waals surface area contributed by atoms with Gasteiger partial charge >= 0.3 is 0 Å². The second-order valence-electron chi connectivity index (χ2n) is 7.09. The number of carbonyl (C=O) groups is 1. The number of carbonyl (C=O) groups excluding carboxylic acids is 1. The number of fused-ring (bicyclic) bond motifs is 1. The molecule has 3 heterocycles. The highest BCUT2D eigenvalue weighted by Gasteiger charge is 2.22. The van der Waals surface area contributed by atoms with Crippen molar-refractivity contribution in [3.8, 4) is 22.8 Å². The van der Waals surface area contributed by atoms with Gasteiger partial charge in [0.05, 0.1) is 5.69 Å². The molecule has 1 amide bonds. The van der Waals surface area contributed by atoms with E-state index in [1.54, 1.807) is 32.0 Å². The molecule has 0 saturated heterocycles. The molecule has 1 unspecified atom stereocenters. The largest absolute Gasteiger partial charge is 0.486 e. The summed E-state index contributed by atoms with van der Waals surface area (Å²) in [5, 5.41) is 7.15. The molecule has 0 radical (unpaired) electrons. The number of nitrogens with two attached hydrogens (primary N) is 1. The Hall–Kier alpha value is -3.75. The lowest BCUT2D eigenvalue weighted by Crippen LogP contribution is -2.34. The van der Waals surface area contributed by atoms with Crippen molar-refractivity contribution in [2.45, 2.75) is 26.8 Å². The number of amides is 1. The molecule has 0 bridgehead atoms. The maximum atomic E-state index is 12.8. The number of nitrogens with zero attached hydrogens (tertiary/aromatic N) is 2. The van der Waals surface area contributed by atoms with Gasteiger partial charge in [-0.05, 0) is 45.0 Å². The summed E-state index contributed by atoms with van der Waals surface area (Å²) in [6.07, 6.45) is 0. The second kappa shape index (κ2) is 7.58. The van der Waals surface area contributed by atoms with Crippen LogP contribution in [0.4, 0.5) is 11.4 Å². The van der Waals surface area contributed by atoms with Gasteiger partial charge in [-0.25, -0.2) is 4.68 Å². The maximum absolute atomic E-state index is 12.8. The number of rotatable bonds is 4. The summed E-state index contributed by atoms with van der Waals surface area (Å²) in [5.41, 5.74) is 7.07. The molecule has 3 N–H and O–H groups in total. The molecule has 1 aliphatic rings. The van der Waals surface area contributed by atoms with Crippen LogP contribution in [0.2, 0.25) is 0 Å². The molecule has 2 aromatic heterocycles. The average Bonchev–Trinajstić information content (AvgIpc) is 3.07. The van der Waals surface area contributed by atoms with Crippen molar-refractivity contribution in [2.75, 3.05) is 24.3 Å². The first-order chi connectivity index (χ1) is 14.3. The van der Waals surface area contributed by atoms with Crippen LogP contribution in [0, 0.1) is 13.8 Å². The van der Waals surface area contributed by atoms with E-state index in [0.717, 1.165) is 4.68 Å². The molecule has 0 spiro atoms. The molecular formula is C21H22N4O5. The normalized spacial score (nSPS) is 13.7. The number of nitrogens with one attached hydrogen (secondary N) is 1. The molecular weight excluding hydrogens is 388 g/mol. The second-order valence-corrected chi connectivity index (χ2v) is 7.09. The van der Waals surface area contributed by atoms with E-state index >= 15 is 0 Å². The predicted octanol–water partition coefficient (Wildman–Crippen LogP) is 2.67. The zero-order chi connectivity index (χ0) is 21.4. The third-order valence-electron chi connectivity index (χ3n) is 4.84. The molecule has 9 heteroatoms. The van der Waals surface area contributed by atoms with Gasteiger partial charge in [0.2, 0.25) is 5.91 Å². The molecule has 0 fully saturated rings. The smallest absolute Gasteiger partial charge is 0.290 e. The number of aromatic nitrogens is 2. The van der Waals surface area contributed by atoms with E-state index in [1.807, 2.05) is 13.0 Å². The van der Waals surface area contributed by atoms with E-state index in [-0.39, 0.29) is 5.69 Å². The summed E-state index contributed by atoms with van der Waals surface area (Å²) in [6, 6.07) is 7.50. The van der Waals surface area contributed by atoms with Crippen molar-refractivity contribution in [3.63, 3.8) is 0 Å². The molecule has 156 valence electrons. The highest BCUT2D eigenvalue weighted by atomic mass is 16.6. The van der Waals surface area contributed by atoms with Crippen molar-refractivity contribution >= 4 is 17.3 Å². The van der Waals surface area contributed by atoms with Gasteiger partial charge in [-0.2, -0.15) is 5.10 Å². The van der Waals surface area contributed by atoms with Gasteiger partial charge in [-0.3, -0.25) is 9.59 Å². The summed E-state index contributed by atoms with van der Waals surface area (Å²) in [6.45, 7) is 6.13. The summed E-state index contributed by atoms with van der Waals surface area (Å²) in [5.74, 6) is 2.12. The molecule has 1 atom stereocenters. The van der Waals surface area contributed by atoms with E-state index < -0.39 is 17.5 Å². The Morgan fingerprint density at radius 1 is 1.17 bits per heavy atom. The van der Waals surface area contributed by atoms with Crippen molar-refractivity contribution in [1.29, 1.82) is 0 Å². The van der Waals surface area contributed by atoms with Crippen LogP contribution in [-0.4, -0.2) is 28.9 Å². The minimum absolute atomic E-state index is 0.00256. The highest BCUT2D eigenvalue weighted by molar-refractivity contribution is 5.93. The van der Waals surface area contributed by atoms with Crippen molar-refractivity contribution in [2.24, 2.45) is 0 Å². The van der Waals surface area contributed by atoms with Gasteiger partial charge < -0.3 is 24.9 Å². The fraction of sp³-hybridized carbons (Fsp3) is 0.286. The van der Waals surface area contributed by atoms with E-state index in [4.69, 9.17) is 19.6 Å². The van der Waals surface area contributed by atoms with E-state index in [2.05, 4.69) is 10.4 Å². The van der Waals surface area contributed by atoms with Gasteiger partial charge in [0.1, 0.15) is 36.5 Å². The van der Waals surface area contributed by atoms with Crippen LogP contribution in [0.3, 0.4) is 0 Å². The number of ether oxygens (including phenoxy) is 2. The fourth-order valence-electron chi connectivity index (χ4n) is 3.29. The molecule has 30 heavy (non-hydrogen) atoms. The summed E-state index contributed by atoms with van der Waals surface area (Å²) in [4.78, 5) is 25.4. The van der Waals surface area contributed by atoms with Gasteiger partial charge in [-0.1, -0.05) is 0 Å². The standard InChI is InChI=1S/C21H22N4O5/c1-11-8-15(13(3)30-11)17-10-16(22)21(27)25(24-17)12(2)20(26)23-14-4-5-18-19(9-14)29-7-6-28-18/h4-5,8-10,12H,6-7,22H2,1-3H3,(H,23,26). The molecule has 1 aliphatic heterocycles. The van der Waals surface area contributed by atoms with Gasteiger partial charge in [0, 0.05) is 17.3 Å². The Kier molecular flexibility index (Phi) is 4.94. The molecule has 0 aliphatic carbocycles. The quantitative estimate of drug-likeness (QED) is 0.678. The van der Waals surface area contributed by atoms with E-state index in [1.165, 1.54) is 6.07 Å². The van der Waals surface area contributed by atoms with Gasteiger partial charge in [0.25, 0.3) is 5.56 Å². The average molecular weight is 410 g/mol. The Morgan fingerprint density at radius 2 is 1.90 bits per heavy atom. The SMILES string of the molecule is Cc1cc(-c2cc(N)c(=O)n(C(C)C(=O)Nc3ccc4c(c3)OCCO4)n2)c(C)o1. The lowest BCUT2D eigenvalue weighted by atomic mass is 10.1. The molecule has 3 aromatic rings. The van der Waals surface area contributed by atoms with Crippen molar-refractivity contribution in [1.82, 2.24) is 9.78 Å². The van der Waals surface area contributed by atoms with Crippen LogP contribution < -0.4 is 26.1 Å². The van der Waals surface area contributed by atoms with Crippen LogP contribution in [-0.2, 0) is 4.79 Å². The number of furan rings is 1. The van der Waals surface area contributed by atoms with Gasteiger partial charge in [-0.15, -0.1) is 0 Å². The minimum Gasteiger partial charge on any atom is -0.486 e. The third kappa shape index (κ3) is 3.61. The number of benzene rings is 1. The van der Waals surface area contributed by atoms with E-state index in [0.29, 0.717) is 53.2 Å². The summed E-state index contributed by atoms with van der Waals surface area (Å²) >= 11 is 0. The Labute approximate surface area is 172 Å². The predicted molar refractivity (Wildman–Crippen MR) is 111 cm³/mol. The van der Waals surface area contributed by atoms with Crippen molar-refractivity contribution < 1.29 is 18.7 Å². The highest BCUT2D eigenvalue weighted by Crippen LogP contribution is 2.33. The summed E-state index contributed by atoms with van der Waals surface area (Å²) in [7, 11) is 0. The number of nitrogen functional groups attached to an aromatic ring is 1. The zero-order valence-electron chi connectivity index (χ0n) is 16.9. The first kappa shape index (κ1) is 19.6. The topological polar surface area (TPSA) is 122 Å². The van der Waals surface area contributed by atoms with Crippen LogP contribution in [0.5, 0.6) is 11.5 Å². The third-order valence-corrected chi connectivity index (χ3v) is 4.84. The van der Waals surface area contributed by atoms with Crippen molar-refractivity contribution in [3.05, 3.63) is 52.2 Å². The Bertz CT molecular complexity index is 1180. The number of hydrogen-bond donors (Lipinski definition) is 2. The van der Waals surface area contributed by atoms with Gasteiger partial charge in [0.15, 0.2) is 11.5 Å².